The Morgan fingerprint density at radius 2 is 1.64 bits per heavy atom. The molecule has 9 heteroatoms. The van der Waals surface area contributed by atoms with Crippen LogP contribution in [0.4, 0.5) is 0 Å². The number of aliphatic hydroxyl groups is 1. The Hall–Kier alpha value is -2.79. The normalized spacial score (nSPS) is 15.1. The molecule has 0 aromatic heterocycles. The maximum absolute atomic E-state index is 11.5. The molecule has 240 valence electrons. The summed E-state index contributed by atoms with van der Waals surface area (Å²) in [5, 5.41) is 16.4. The highest BCUT2D eigenvalue weighted by Gasteiger charge is 2.28. The fourth-order valence-electron chi connectivity index (χ4n) is 5.42. The number of nitrogens with zero attached hydrogens (tertiary/aromatic N) is 1. The lowest BCUT2D eigenvalue weighted by molar-refractivity contribution is -0.180. The molecule has 1 atom stereocenters. The lowest BCUT2D eigenvalue weighted by atomic mass is 10.0. The van der Waals surface area contributed by atoms with Crippen molar-refractivity contribution in [2.75, 3.05) is 26.3 Å². The van der Waals surface area contributed by atoms with Gasteiger partial charge in [0.2, 0.25) is 15.8 Å². The zero-order valence-corrected chi connectivity index (χ0v) is 26.9. The van der Waals surface area contributed by atoms with Crippen molar-refractivity contribution in [3.63, 3.8) is 0 Å². The molecule has 0 radical (unpaired) electrons. The van der Waals surface area contributed by atoms with Gasteiger partial charge in [0.1, 0.15) is 5.75 Å². The van der Waals surface area contributed by atoms with Crippen LogP contribution in [0.25, 0.3) is 0 Å². The number of fused-ring (bicyclic) bond motifs is 1. The summed E-state index contributed by atoms with van der Waals surface area (Å²) in [5.41, 5.74) is 4.04. The SMILES string of the molecule is CC1(C)OCc2cc([C@@H](O)CN(CCCCCCCOCCCc3cccc(S(N)(=O)=O)c3)Cc3ccccc3)ccc2O1. The summed E-state index contributed by atoms with van der Waals surface area (Å²) < 4.78 is 40.5. The van der Waals surface area contributed by atoms with Crippen LogP contribution in [-0.4, -0.2) is 50.5 Å². The van der Waals surface area contributed by atoms with Crippen LogP contribution in [0.3, 0.4) is 0 Å². The van der Waals surface area contributed by atoms with Crippen molar-refractivity contribution < 1.29 is 27.7 Å². The second-order valence-electron chi connectivity index (χ2n) is 12.1. The fraction of sp³-hybridized carbons (Fsp3) is 0.486. The molecule has 0 bridgehead atoms. The molecule has 4 rings (SSSR count). The lowest BCUT2D eigenvalue weighted by Crippen LogP contribution is -2.35. The number of hydrogen-bond donors (Lipinski definition) is 2. The predicted octanol–water partition coefficient (Wildman–Crippen LogP) is 6.11. The van der Waals surface area contributed by atoms with Crippen LogP contribution < -0.4 is 9.88 Å². The van der Waals surface area contributed by atoms with E-state index in [0.717, 1.165) is 87.1 Å². The molecule has 0 unspecified atom stereocenters. The van der Waals surface area contributed by atoms with Gasteiger partial charge in [-0.05, 0) is 73.2 Å². The molecule has 0 amide bonds. The molecule has 0 aliphatic carbocycles. The van der Waals surface area contributed by atoms with Crippen molar-refractivity contribution in [1.82, 2.24) is 4.90 Å². The van der Waals surface area contributed by atoms with Gasteiger partial charge in [-0.25, -0.2) is 13.6 Å². The van der Waals surface area contributed by atoms with Crippen LogP contribution in [0.2, 0.25) is 0 Å². The molecule has 0 fully saturated rings. The molecule has 0 saturated carbocycles. The number of ether oxygens (including phenoxy) is 3. The standard InChI is InChI=1S/C35H48N2O6S/c1-35(2)42-27-31-24-30(18-19-34(31)43-35)33(38)26-37(25-29-13-7-6-8-14-29)20-9-4-3-5-10-21-41-22-12-16-28-15-11-17-32(23-28)44(36,39)40/h6-8,11,13-15,17-19,23-24,33,38H,3-5,9-10,12,16,20-22,25-27H2,1-2H3,(H2,36,39,40)/t33-/m0/s1. The summed E-state index contributed by atoms with van der Waals surface area (Å²) in [6, 6.07) is 23.1. The number of rotatable bonds is 18. The minimum atomic E-state index is -3.67. The second kappa shape index (κ2) is 16.5. The van der Waals surface area contributed by atoms with Crippen LogP contribution in [0.1, 0.15) is 80.7 Å². The maximum atomic E-state index is 11.5. The number of sulfonamides is 1. The fourth-order valence-corrected chi connectivity index (χ4v) is 6.00. The molecule has 3 aromatic rings. The summed E-state index contributed by atoms with van der Waals surface area (Å²) in [6.45, 7) is 7.93. The van der Waals surface area contributed by atoms with Gasteiger partial charge in [-0.1, -0.05) is 67.8 Å². The van der Waals surface area contributed by atoms with Crippen molar-refractivity contribution in [2.45, 2.75) is 88.7 Å². The highest BCUT2D eigenvalue weighted by molar-refractivity contribution is 7.89. The number of unbranched alkanes of at least 4 members (excludes halogenated alkanes) is 4. The van der Waals surface area contributed by atoms with E-state index in [1.54, 1.807) is 12.1 Å². The summed E-state index contributed by atoms with van der Waals surface area (Å²) in [6.07, 6.45) is 6.47. The van der Waals surface area contributed by atoms with Gasteiger partial charge in [0.05, 0.1) is 17.6 Å². The van der Waals surface area contributed by atoms with Gasteiger partial charge < -0.3 is 19.3 Å². The Morgan fingerprint density at radius 1 is 0.909 bits per heavy atom. The Morgan fingerprint density at radius 3 is 2.43 bits per heavy atom. The van der Waals surface area contributed by atoms with Crippen molar-refractivity contribution in [3.8, 4) is 5.75 Å². The van der Waals surface area contributed by atoms with E-state index >= 15 is 0 Å². The number of aryl methyl sites for hydroxylation is 1. The Bertz CT molecular complexity index is 1410. The lowest BCUT2D eigenvalue weighted by Gasteiger charge is -2.33. The minimum absolute atomic E-state index is 0.153. The number of benzene rings is 3. The molecule has 1 aliphatic heterocycles. The summed E-state index contributed by atoms with van der Waals surface area (Å²) in [4.78, 5) is 2.50. The number of nitrogens with two attached hydrogens (primary N) is 1. The van der Waals surface area contributed by atoms with Gasteiger partial charge in [-0.3, -0.25) is 4.90 Å². The van der Waals surface area contributed by atoms with Crippen molar-refractivity contribution in [1.29, 1.82) is 0 Å². The first kappa shape index (κ1) is 34.1. The van der Waals surface area contributed by atoms with Gasteiger partial charge in [-0.2, -0.15) is 0 Å². The molecule has 3 aromatic carbocycles. The van der Waals surface area contributed by atoms with E-state index in [4.69, 9.17) is 19.3 Å². The van der Waals surface area contributed by atoms with Gasteiger partial charge >= 0.3 is 0 Å². The van der Waals surface area contributed by atoms with E-state index in [9.17, 15) is 13.5 Å². The highest BCUT2D eigenvalue weighted by Crippen LogP contribution is 2.33. The highest BCUT2D eigenvalue weighted by atomic mass is 32.2. The monoisotopic (exact) mass is 624 g/mol. The van der Waals surface area contributed by atoms with E-state index < -0.39 is 21.9 Å². The summed E-state index contributed by atoms with van der Waals surface area (Å²) >= 11 is 0. The summed E-state index contributed by atoms with van der Waals surface area (Å²) in [5.74, 6) is 0.179. The van der Waals surface area contributed by atoms with Crippen LogP contribution in [0.15, 0.2) is 77.7 Å². The quantitative estimate of drug-likeness (QED) is 0.164. The summed E-state index contributed by atoms with van der Waals surface area (Å²) in [7, 11) is -3.67. The molecule has 1 aliphatic rings. The van der Waals surface area contributed by atoms with E-state index in [-0.39, 0.29) is 4.90 Å². The van der Waals surface area contributed by atoms with Crippen LogP contribution >= 0.6 is 0 Å². The van der Waals surface area contributed by atoms with Crippen molar-refractivity contribution >= 4 is 10.0 Å². The first-order valence-electron chi connectivity index (χ1n) is 15.7. The van der Waals surface area contributed by atoms with E-state index in [1.807, 2.05) is 44.2 Å². The molecule has 1 heterocycles. The smallest absolute Gasteiger partial charge is 0.238 e. The molecule has 0 spiro atoms. The third-order valence-electron chi connectivity index (χ3n) is 7.82. The first-order chi connectivity index (χ1) is 21.1. The number of primary sulfonamides is 1. The molecule has 3 N–H and O–H groups in total. The average Bonchev–Trinajstić information content (AvgIpc) is 2.99. The predicted molar refractivity (Wildman–Crippen MR) is 173 cm³/mol. The van der Waals surface area contributed by atoms with Gasteiger partial charge in [0.15, 0.2) is 0 Å². The molecule has 44 heavy (non-hydrogen) atoms. The average molecular weight is 625 g/mol. The number of hydrogen-bond acceptors (Lipinski definition) is 7. The van der Waals surface area contributed by atoms with E-state index in [1.165, 1.54) is 11.6 Å². The van der Waals surface area contributed by atoms with E-state index in [2.05, 4.69) is 29.2 Å². The van der Waals surface area contributed by atoms with Gasteiger partial charge in [0.25, 0.3) is 0 Å². The van der Waals surface area contributed by atoms with Gasteiger partial charge in [-0.15, -0.1) is 0 Å². The first-order valence-corrected chi connectivity index (χ1v) is 17.2. The third kappa shape index (κ3) is 11.3. The minimum Gasteiger partial charge on any atom is -0.463 e. The van der Waals surface area contributed by atoms with Crippen LogP contribution in [0, 0.1) is 0 Å². The molecular weight excluding hydrogens is 576 g/mol. The van der Waals surface area contributed by atoms with Crippen LogP contribution in [0.5, 0.6) is 5.75 Å². The topological polar surface area (TPSA) is 111 Å². The molecule has 8 nitrogen and oxygen atoms in total. The van der Waals surface area contributed by atoms with Crippen LogP contribution in [-0.2, 0) is 39.1 Å². The zero-order chi connectivity index (χ0) is 31.4. The Labute approximate surface area is 263 Å². The Balaban J connectivity index is 1.14. The largest absolute Gasteiger partial charge is 0.463 e. The van der Waals surface area contributed by atoms with Crippen molar-refractivity contribution in [2.24, 2.45) is 5.14 Å². The van der Waals surface area contributed by atoms with Crippen molar-refractivity contribution in [3.05, 3.63) is 95.1 Å². The maximum Gasteiger partial charge on any atom is 0.238 e. The molecule has 0 saturated heterocycles. The van der Waals surface area contributed by atoms with E-state index in [0.29, 0.717) is 19.8 Å². The zero-order valence-electron chi connectivity index (χ0n) is 26.1. The van der Waals surface area contributed by atoms with Gasteiger partial charge in [0, 0.05) is 45.7 Å². The third-order valence-corrected chi connectivity index (χ3v) is 8.74. The number of aliphatic hydroxyl groups excluding tert-OH is 1. The second-order valence-corrected chi connectivity index (χ2v) is 13.6. The Kier molecular flexibility index (Phi) is 12.8. The molecular formula is C35H48N2O6S.